The van der Waals surface area contributed by atoms with Gasteiger partial charge in [0, 0.05) is 49.7 Å². The molecule has 0 spiro atoms. The molecule has 2 amide bonds. The number of aromatic nitrogens is 6. The molecule has 2 N–H and O–H groups in total. The number of tetrazole rings is 1. The second-order valence-corrected chi connectivity index (χ2v) is 8.26. The summed E-state index contributed by atoms with van der Waals surface area (Å²) in [6.07, 6.45) is 2.05. The van der Waals surface area contributed by atoms with Crippen molar-refractivity contribution in [2.24, 2.45) is 0 Å². The molecular formula is C24H24N10O3. The molecule has 3 heterocycles. The van der Waals surface area contributed by atoms with Crippen LogP contribution in [0.2, 0.25) is 0 Å². The zero-order chi connectivity index (χ0) is 25.6. The van der Waals surface area contributed by atoms with Gasteiger partial charge in [-0.05, 0) is 40.8 Å². The van der Waals surface area contributed by atoms with Crippen molar-refractivity contribution in [1.29, 1.82) is 5.26 Å². The summed E-state index contributed by atoms with van der Waals surface area (Å²) < 4.78 is 11.5. The lowest BCUT2D eigenvalue weighted by Crippen LogP contribution is -2.50. The third-order valence-electron chi connectivity index (χ3n) is 6.02. The normalized spacial score (nSPS) is 13.3. The highest BCUT2D eigenvalue weighted by Gasteiger charge is 2.24. The van der Waals surface area contributed by atoms with Crippen molar-refractivity contribution in [1.82, 2.24) is 35.5 Å². The number of nitriles is 1. The molecule has 1 saturated heterocycles. The fourth-order valence-corrected chi connectivity index (χ4v) is 4.07. The van der Waals surface area contributed by atoms with Gasteiger partial charge in [-0.2, -0.15) is 5.26 Å². The Morgan fingerprint density at radius 3 is 2.65 bits per heavy atom. The molecule has 1 fully saturated rings. The van der Waals surface area contributed by atoms with Crippen LogP contribution in [0.1, 0.15) is 11.4 Å². The van der Waals surface area contributed by atoms with Crippen LogP contribution < -0.4 is 19.7 Å². The van der Waals surface area contributed by atoms with E-state index >= 15 is 0 Å². The Hall–Kier alpha value is -4.99. The number of hydrogen-bond acceptors (Lipinski definition) is 10. The molecule has 0 saturated carbocycles. The largest absolute Gasteiger partial charge is 0.493 e. The van der Waals surface area contributed by atoms with Crippen molar-refractivity contribution in [2.75, 3.05) is 50.1 Å². The number of amides is 2. The van der Waals surface area contributed by atoms with Crippen LogP contribution in [0.25, 0.3) is 10.9 Å². The van der Waals surface area contributed by atoms with E-state index in [1.807, 2.05) is 12.1 Å². The number of nitrogens with one attached hydrogen (secondary N) is 2. The number of hydrogen-bond donors (Lipinski definition) is 2. The lowest BCUT2D eigenvalue weighted by molar-refractivity contribution is 0.208. The van der Waals surface area contributed by atoms with Gasteiger partial charge in [0.05, 0.1) is 30.9 Å². The Labute approximate surface area is 212 Å². The van der Waals surface area contributed by atoms with Crippen LogP contribution in [-0.4, -0.2) is 81.4 Å². The van der Waals surface area contributed by atoms with Crippen molar-refractivity contribution in [3.05, 3.63) is 54.1 Å². The van der Waals surface area contributed by atoms with Gasteiger partial charge in [-0.15, -0.1) is 5.10 Å². The highest BCUT2D eigenvalue weighted by atomic mass is 16.5. The quantitative estimate of drug-likeness (QED) is 0.384. The molecule has 0 radical (unpaired) electrons. The summed E-state index contributed by atoms with van der Waals surface area (Å²) in [5.41, 5.74) is 1.92. The number of fused-ring (bicyclic) bond motifs is 1. The molecule has 37 heavy (non-hydrogen) atoms. The number of ether oxygens (including phenoxy) is 2. The van der Waals surface area contributed by atoms with Crippen LogP contribution in [0.5, 0.6) is 11.5 Å². The van der Waals surface area contributed by atoms with Gasteiger partial charge in [0.15, 0.2) is 17.3 Å². The summed E-state index contributed by atoms with van der Waals surface area (Å²) in [6, 6.07) is 12.4. The number of urea groups is 1. The fourth-order valence-electron chi connectivity index (χ4n) is 4.07. The van der Waals surface area contributed by atoms with E-state index in [1.54, 1.807) is 36.3 Å². The first-order valence-corrected chi connectivity index (χ1v) is 11.6. The summed E-state index contributed by atoms with van der Waals surface area (Å²) in [5, 5.41) is 26.3. The van der Waals surface area contributed by atoms with Crippen LogP contribution in [0, 0.1) is 11.3 Å². The van der Waals surface area contributed by atoms with Crippen LogP contribution in [0.3, 0.4) is 0 Å². The Kier molecular flexibility index (Phi) is 6.89. The maximum atomic E-state index is 12.7. The number of carbonyl (C=O) groups is 1. The first-order chi connectivity index (χ1) is 18.1. The number of anilines is 2. The molecule has 188 valence electrons. The van der Waals surface area contributed by atoms with Crippen molar-refractivity contribution in [3.8, 4) is 17.6 Å². The van der Waals surface area contributed by atoms with E-state index in [2.05, 4.69) is 46.9 Å². The van der Waals surface area contributed by atoms with E-state index in [9.17, 15) is 4.79 Å². The first kappa shape index (κ1) is 23.7. The number of piperazine rings is 1. The topological polar surface area (TPSA) is 158 Å². The summed E-state index contributed by atoms with van der Waals surface area (Å²) in [6.45, 7) is 2.64. The molecule has 0 unspecified atom stereocenters. The highest BCUT2D eigenvalue weighted by Crippen LogP contribution is 2.35. The van der Waals surface area contributed by atoms with Crippen molar-refractivity contribution < 1.29 is 14.3 Å². The average Bonchev–Trinajstić information content (AvgIpc) is 3.46. The third-order valence-corrected chi connectivity index (χ3v) is 6.02. The molecule has 2 aromatic heterocycles. The van der Waals surface area contributed by atoms with E-state index in [0.717, 1.165) is 16.7 Å². The first-order valence-electron chi connectivity index (χ1n) is 11.6. The Bertz CT molecular complexity index is 1410. The van der Waals surface area contributed by atoms with Crippen molar-refractivity contribution in [3.63, 3.8) is 0 Å². The number of benzene rings is 2. The summed E-state index contributed by atoms with van der Waals surface area (Å²) in [4.78, 5) is 25.6. The minimum Gasteiger partial charge on any atom is -0.493 e. The van der Waals surface area contributed by atoms with Crippen LogP contribution >= 0.6 is 0 Å². The smallest absolute Gasteiger partial charge is 0.321 e. The molecule has 13 heteroatoms. The Morgan fingerprint density at radius 2 is 1.95 bits per heavy atom. The molecule has 4 aromatic rings. The summed E-state index contributed by atoms with van der Waals surface area (Å²) in [5.74, 6) is 2.54. The van der Waals surface area contributed by atoms with Gasteiger partial charge in [0.1, 0.15) is 12.1 Å². The molecule has 0 aliphatic carbocycles. The number of nitrogens with zero attached hydrogens (tertiary/aromatic N) is 8. The molecule has 13 nitrogen and oxygen atoms in total. The molecule has 5 rings (SSSR count). The molecule has 0 atom stereocenters. The van der Waals surface area contributed by atoms with E-state index in [1.165, 1.54) is 6.33 Å². The second kappa shape index (κ2) is 10.7. The van der Waals surface area contributed by atoms with Crippen molar-refractivity contribution in [2.45, 2.75) is 6.42 Å². The van der Waals surface area contributed by atoms with Crippen LogP contribution in [-0.2, 0) is 6.42 Å². The average molecular weight is 501 g/mol. The lowest BCUT2D eigenvalue weighted by Gasteiger charge is -2.35. The Balaban J connectivity index is 1.25. The standard InChI is InChI=1S/C24H24N10O3/c1-36-20-12-18-19(13-21(20)37-11-6-22-29-31-32-30-22)26-15-27-23(18)33-7-9-34(10-8-33)24(35)28-17-4-2-16(14-25)3-5-17/h2-5,12-13,15H,6-11H2,1H3,(H,28,35)(H,29,30,31,32). The predicted octanol–water partition coefficient (Wildman–Crippen LogP) is 2.00. The number of methoxy groups -OCH3 is 1. The predicted molar refractivity (Wildman–Crippen MR) is 133 cm³/mol. The van der Waals surface area contributed by atoms with E-state index in [4.69, 9.17) is 14.7 Å². The number of aromatic amines is 1. The van der Waals surface area contributed by atoms with Gasteiger partial charge in [-0.1, -0.05) is 0 Å². The second-order valence-electron chi connectivity index (χ2n) is 8.26. The zero-order valence-electron chi connectivity index (χ0n) is 20.1. The number of H-pyrrole nitrogens is 1. The minimum absolute atomic E-state index is 0.179. The maximum absolute atomic E-state index is 12.7. The van der Waals surface area contributed by atoms with Crippen LogP contribution in [0.4, 0.5) is 16.3 Å². The Morgan fingerprint density at radius 1 is 1.14 bits per heavy atom. The molecule has 1 aliphatic rings. The van der Waals surface area contributed by atoms with Gasteiger partial charge < -0.3 is 24.6 Å². The minimum atomic E-state index is -0.179. The monoisotopic (exact) mass is 500 g/mol. The van der Waals surface area contributed by atoms with E-state index in [-0.39, 0.29) is 6.03 Å². The van der Waals surface area contributed by atoms with Gasteiger partial charge in [-0.25, -0.2) is 19.9 Å². The van der Waals surface area contributed by atoms with Gasteiger partial charge in [0.25, 0.3) is 0 Å². The van der Waals surface area contributed by atoms with Gasteiger partial charge in [-0.3, -0.25) is 0 Å². The summed E-state index contributed by atoms with van der Waals surface area (Å²) >= 11 is 0. The SMILES string of the molecule is COc1cc2c(N3CCN(C(=O)Nc4ccc(C#N)cc4)CC3)ncnc2cc1OCCc1nnn[nH]1. The molecular weight excluding hydrogens is 476 g/mol. The van der Waals surface area contributed by atoms with Gasteiger partial charge >= 0.3 is 6.03 Å². The van der Waals surface area contributed by atoms with Gasteiger partial charge in [0.2, 0.25) is 0 Å². The van der Waals surface area contributed by atoms with Crippen LogP contribution in [0.15, 0.2) is 42.7 Å². The molecule has 1 aliphatic heterocycles. The fraction of sp³-hybridized carbons (Fsp3) is 0.292. The summed E-state index contributed by atoms with van der Waals surface area (Å²) in [7, 11) is 1.59. The van der Waals surface area contributed by atoms with Crippen molar-refractivity contribution >= 4 is 28.4 Å². The number of carbonyl (C=O) groups excluding carboxylic acids is 1. The van der Waals surface area contributed by atoms with E-state index in [0.29, 0.717) is 67.8 Å². The van der Waals surface area contributed by atoms with E-state index < -0.39 is 0 Å². The zero-order valence-corrected chi connectivity index (χ0v) is 20.1. The lowest BCUT2D eigenvalue weighted by atomic mass is 10.2. The molecule has 0 bridgehead atoms. The maximum Gasteiger partial charge on any atom is 0.321 e. The highest BCUT2D eigenvalue weighted by molar-refractivity contribution is 5.92. The molecule has 2 aromatic carbocycles. The number of rotatable bonds is 7. The third kappa shape index (κ3) is 5.32.